The molecular weight excluding hydrogens is 498 g/mol. The fourth-order valence-corrected chi connectivity index (χ4v) is 4.75. The molecular formula is C31H31NO7. The van der Waals surface area contributed by atoms with E-state index in [0.717, 1.165) is 5.56 Å². The number of aliphatic hydroxyl groups is 1. The molecule has 0 aliphatic carbocycles. The van der Waals surface area contributed by atoms with Crippen LogP contribution in [0.5, 0.6) is 11.5 Å². The van der Waals surface area contributed by atoms with Crippen molar-refractivity contribution in [2.24, 2.45) is 0 Å². The van der Waals surface area contributed by atoms with Gasteiger partial charge in [-0.1, -0.05) is 38.1 Å². The lowest BCUT2D eigenvalue weighted by atomic mass is 9.93. The highest BCUT2D eigenvalue weighted by Crippen LogP contribution is 2.42. The number of amides is 1. The van der Waals surface area contributed by atoms with Crippen LogP contribution in [0.15, 0.2) is 72.3 Å². The summed E-state index contributed by atoms with van der Waals surface area (Å²) < 4.78 is 15.6. The molecule has 1 unspecified atom stereocenters. The van der Waals surface area contributed by atoms with Gasteiger partial charge in [0.15, 0.2) is 0 Å². The maximum Gasteiger partial charge on any atom is 0.337 e. The molecule has 1 N–H and O–H groups in total. The van der Waals surface area contributed by atoms with Crippen LogP contribution in [0.3, 0.4) is 0 Å². The number of likely N-dealkylation sites (tertiary alicyclic amines) is 1. The third kappa shape index (κ3) is 5.36. The molecule has 3 aromatic rings. The summed E-state index contributed by atoms with van der Waals surface area (Å²) in [7, 11) is 4.41. The molecule has 1 aliphatic rings. The van der Waals surface area contributed by atoms with Gasteiger partial charge >= 0.3 is 5.97 Å². The maximum atomic E-state index is 13.5. The fraction of sp³-hybridized carbons (Fsp3) is 0.258. The monoisotopic (exact) mass is 529 g/mol. The first kappa shape index (κ1) is 27.4. The van der Waals surface area contributed by atoms with Gasteiger partial charge in [-0.3, -0.25) is 9.59 Å². The van der Waals surface area contributed by atoms with Crippen molar-refractivity contribution < 1.29 is 33.7 Å². The van der Waals surface area contributed by atoms with Gasteiger partial charge in [0.1, 0.15) is 17.3 Å². The van der Waals surface area contributed by atoms with Crippen molar-refractivity contribution in [3.8, 4) is 11.5 Å². The number of aliphatic hydroxyl groups excluding tert-OH is 1. The van der Waals surface area contributed by atoms with E-state index < -0.39 is 23.7 Å². The van der Waals surface area contributed by atoms with Gasteiger partial charge in [-0.05, 0) is 65.1 Å². The summed E-state index contributed by atoms with van der Waals surface area (Å²) in [6, 6.07) is 18.0. The second-order valence-electron chi connectivity index (χ2n) is 9.50. The molecule has 0 radical (unpaired) electrons. The van der Waals surface area contributed by atoms with Crippen molar-refractivity contribution in [3.05, 3.63) is 100 Å². The Morgan fingerprint density at radius 1 is 0.923 bits per heavy atom. The van der Waals surface area contributed by atoms with Crippen molar-refractivity contribution in [2.75, 3.05) is 21.3 Å². The molecule has 1 aliphatic heterocycles. The number of benzene rings is 3. The molecule has 202 valence electrons. The lowest BCUT2D eigenvalue weighted by molar-refractivity contribution is -0.140. The first-order chi connectivity index (χ1) is 18.7. The predicted octanol–water partition coefficient (Wildman–Crippen LogP) is 5.24. The lowest BCUT2D eigenvalue weighted by Gasteiger charge is -2.26. The Balaban J connectivity index is 1.84. The summed E-state index contributed by atoms with van der Waals surface area (Å²) in [6.45, 7) is 4.08. The van der Waals surface area contributed by atoms with Crippen LogP contribution in [0.25, 0.3) is 5.76 Å². The van der Waals surface area contributed by atoms with E-state index in [1.807, 2.05) is 13.8 Å². The number of Topliss-reactive ketones (excluding diaryl/α,β-unsaturated/α-hetero) is 1. The Hall–Kier alpha value is -4.59. The number of hydrogen-bond acceptors (Lipinski definition) is 7. The zero-order valence-corrected chi connectivity index (χ0v) is 22.6. The number of methoxy groups -OCH3 is 3. The number of esters is 1. The minimum Gasteiger partial charge on any atom is -0.507 e. The Labute approximate surface area is 227 Å². The summed E-state index contributed by atoms with van der Waals surface area (Å²) in [5, 5.41) is 11.5. The molecule has 8 heteroatoms. The van der Waals surface area contributed by atoms with E-state index in [1.165, 1.54) is 19.1 Å². The van der Waals surface area contributed by atoms with Crippen LogP contribution in [-0.4, -0.2) is 49.0 Å². The van der Waals surface area contributed by atoms with E-state index in [1.54, 1.807) is 73.8 Å². The highest BCUT2D eigenvalue weighted by Gasteiger charge is 2.46. The third-order valence-corrected chi connectivity index (χ3v) is 6.80. The smallest absolute Gasteiger partial charge is 0.337 e. The summed E-state index contributed by atoms with van der Waals surface area (Å²) in [5.74, 6) is -0.952. The van der Waals surface area contributed by atoms with Gasteiger partial charge in [-0.2, -0.15) is 0 Å². The number of hydrogen-bond donors (Lipinski definition) is 1. The van der Waals surface area contributed by atoms with E-state index >= 15 is 0 Å². The molecule has 3 aromatic carbocycles. The average Bonchev–Trinajstić information content (AvgIpc) is 3.21. The molecule has 1 heterocycles. The van der Waals surface area contributed by atoms with Gasteiger partial charge in [-0.15, -0.1) is 0 Å². The molecule has 1 amide bonds. The molecule has 1 atom stereocenters. The minimum absolute atomic E-state index is 0.0145. The molecule has 0 spiro atoms. The normalized spacial score (nSPS) is 16.5. The number of nitrogens with zero attached hydrogens (tertiary/aromatic N) is 1. The van der Waals surface area contributed by atoms with E-state index in [-0.39, 0.29) is 23.8 Å². The molecule has 1 fully saturated rings. The summed E-state index contributed by atoms with van der Waals surface area (Å²) in [6.07, 6.45) is 0. The Bertz CT molecular complexity index is 1440. The Kier molecular flexibility index (Phi) is 8.04. The van der Waals surface area contributed by atoms with Gasteiger partial charge in [0.25, 0.3) is 11.7 Å². The predicted molar refractivity (Wildman–Crippen MR) is 146 cm³/mol. The van der Waals surface area contributed by atoms with E-state index in [4.69, 9.17) is 14.2 Å². The summed E-state index contributed by atoms with van der Waals surface area (Å²) in [5.41, 5.74) is 2.93. The van der Waals surface area contributed by atoms with Crippen molar-refractivity contribution in [1.29, 1.82) is 0 Å². The van der Waals surface area contributed by atoms with Crippen LogP contribution in [0, 0.1) is 0 Å². The largest absolute Gasteiger partial charge is 0.507 e. The quantitative estimate of drug-likeness (QED) is 0.184. The minimum atomic E-state index is -0.870. The van der Waals surface area contributed by atoms with Crippen molar-refractivity contribution >= 4 is 23.4 Å². The summed E-state index contributed by atoms with van der Waals surface area (Å²) >= 11 is 0. The standard InChI is InChI=1S/C31H31NO7/c1-18(2)24-16-22(13-14-25(24)38-4)28(33)26-27(21-7-6-8-23(15-21)37-3)32(30(35)29(26)34)17-19-9-11-20(12-10-19)31(36)39-5/h6-16,18,27,33H,17H2,1-5H3/b28-26-. The van der Waals surface area contributed by atoms with E-state index in [0.29, 0.717) is 33.8 Å². The Morgan fingerprint density at radius 2 is 1.62 bits per heavy atom. The number of ketones is 1. The van der Waals surface area contributed by atoms with Crippen molar-refractivity contribution in [1.82, 2.24) is 4.90 Å². The maximum absolute atomic E-state index is 13.5. The van der Waals surface area contributed by atoms with Crippen LogP contribution in [0.4, 0.5) is 0 Å². The van der Waals surface area contributed by atoms with Crippen molar-refractivity contribution in [2.45, 2.75) is 32.4 Å². The average molecular weight is 530 g/mol. The van der Waals surface area contributed by atoms with Gasteiger partial charge in [0.2, 0.25) is 0 Å². The SMILES string of the molecule is COC(=O)c1ccc(CN2C(=O)C(=O)/C(=C(\O)c3ccc(OC)c(C(C)C)c3)C2c2cccc(OC)c2)cc1. The molecule has 1 saturated heterocycles. The van der Waals surface area contributed by atoms with Gasteiger partial charge in [-0.25, -0.2) is 4.79 Å². The molecule has 39 heavy (non-hydrogen) atoms. The number of carbonyl (C=O) groups excluding carboxylic acids is 3. The fourth-order valence-electron chi connectivity index (χ4n) is 4.75. The molecule has 0 aromatic heterocycles. The first-order valence-corrected chi connectivity index (χ1v) is 12.5. The number of rotatable bonds is 8. The van der Waals surface area contributed by atoms with Crippen LogP contribution >= 0.6 is 0 Å². The molecule has 4 rings (SSSR count). The van der Waals surface area contributed by atoms with E-state index in [9.17, 15) is 19.5 Å². The Morgan fingerprint density at radius 3 is 2.23 bits per heavy atom. The van der Waals surface area contributed by atoms with Gasteiger partial charge in [0, 0.05) is 12.1 Å². The van der Waals surface area contributed by atoms with Crippen molar-refractivity contribution in [3.63, 3.8) is 0 Å². The van der Waals surface area contributed by atoms with Gasteiger partial charge < -0.3 is 24.2 Å². The number of carbonyl (C=O) groups is 3. The third-order valence-electron chi connectivity index (χ3n) is 6.80. The number of ether oxygens (including phenoxy) is 3. The highest BCUT2D eigenvalue weighted by atomic mass is 16.5. The zero-order valence-electron chi connectivity index (χ0n) is 22.6. The second kappa shape index (κ2) is 11.4. The van der Waals surface area contributed by atoms with E-state index in [2.05, 4.69) is 0 Å². The second-order valence-corrected chi connectivity index (χ2v) is 9.50. The molecule has 0 bridgehead atoms. The lowest BCUT2D eigenvalue weighted by Crippen LogP contribution is -2.29. The van der Waals surface area contributed by atoms with Crippen LogP contribution in [0.1, 0.15) is 58.4 Å². The van der Waals surface area contributed by atoms with Crippen LogP contribution in [0.2, 0.25) is 0 Å². The zero-order chi connectivity index (χ0) is 28.3. The topological polar surface area (TPSA) is 102 Å². The molecule has 8 nitrogen and oxygen atoms in total. The highest BCUT2D eigenvalue weighted by molar-refractivity contribution is 6.46. The van der Waals surface area contributed by atoms with Gasteiger partial charge in [0.05, 0.1) is 38.5 Å². The first-order valence-electron chi connectivity index (χ1n) is 12.5. The van der Waals surface area contributed by atoms with Crippen LogP contribution < -0.4 is 9.47 Å². The summed E-state index contributed by atoms with van der Waals surface area (Å²) in [4.78, 5) is 40.1. The molecule has 0 saturated carbocycles. The van der Waals surface area contributed by atoms with Crippen LogP contribution in [-0.2, 0) is 20.9 Å².